The number of benzene rings is 1. The van der Waals surface area contributed by atoms with Crippen LogP contribution in [0.25, 0.3) is 11.0 Å². The van der Waals surface area contributed by atoms with Crippen molar-refractivity contribution >= 4 is 40.3 Å². The molecule has 0 aliphatic carbocycles. The summed E-state index contributed by atoms with van der Waals surface area (Å²) in [5.41, 5.74) is 2.81. The summed E-state index contributed by atoms with van der Waals surface area (Å²) in [6.07, 6.45) is 3.78. The number of anilines is 1. The van der Waals surface area contributed by atoms with E-state index in [0.29, 0.717) is 5.02 Å². The minimum absolute atomic E-state index is 0.247. The minimum Gasteiger partial charge on any atom is -0.366 e. The highest BCUT2D eigenvalue weighted by Gasteiger charge is 2.20. The molecule has 0 spiro atoms. The highest BCUT2D eigenvalue weighted by molar-refractivity contribution is 7.98. The molecule has 124 valence electrons. The van der Waals surface area contributed by atoms with Gasteiger partial charge < -0.3 is 10.2 Å². The number of nitrogens with one attached hydrogen (secondary N) is 1. The molecule has 4 nitrogen and oxygen atoms in total. The van der Waals surface area contributed by atoms with Gasteiger partial charge in [0.1, 0.15) is 11.3 Å². The van der Waals surface area contributed by atoms with Crippen LogP contribution in [0.1, 0.15) is 0 Å². The van der Waals surface area contributed by atoms with Gasteiger partial charge >= 0.3 is 0 Å². The molecule has 1 N–H and O–H groups in total. The number of aromatic nitrogens is 2. The van der Waals surface area contributed by atoms with E-state index in [0.717, 1.165) is 47.8 Å². The van der Waals surface area contributed by atoms with Crippen LogP contribution in [-0.2, 0) is 0 Å². The second kappa shape index (κ2) is 6.63. The first-order valence-electron chi connectivity index (χ1n) is 7.77. The van der Waals surface area contributed by atoms with Crippen molar-refractivity contribution in [3.05, 3.63) is 53.6 Å². The molecule has 1 fully saturated rings. The van der Waals surface area contributed by atoms with Crippen LogP contribution in [0.4, 0.5) is 10.1 Å². The van der Waals surface area contributed by atoms with Crippen molar-refractivity contribution in [3.63, 3.8) is 0 Å². The summed E-state index contributed by atoms with van der Waals surface area (Å²) in [6, 6.07) is 8.34. The third-order valence-corrected chi connectivity index (χ3v) is 5.29. The molecular formula is C17H16ClFN4S. The van der Waals surface area contributed by atoms with Gasteiger partial charge in [-0.2, -0.15) is 0 Å². The average molecular weight is 363 g/mol. The summed E-state index contributed by atoms with van der Waals surface area (Å²) >= 11 is 7.87. The van der Waals surface area contributed by atoms with Crippen molar-refractivity contribution in [2.24, 2.45) is 0 Å². The van der Waals surface area contributed by atoms with E-state index in [9.17, 15) is 4.39 Å². The Hall–Kier alpha value is -1.76. The molecule has 1 aromatic carbocycles. The summed E-state index contributed by atoms with van der Waals surface area (Å²) in [7, 11) is 0. The van der Waals surface area contributed by atoms with Crippen LogP contribution >= 0.6 is 23.5 Å². The predicted octanol–water partition coefficient (Wildman–Crippen LogP) is 3.79. The van der Waals surface area contributed by atoms with Gasteiger partial charge in [-0.15, -0.1) is 0 Å². The number of nitrogens with zero attached hydrogens (tertiary/aromatic N) is 3. The van der Waals surface area contributed by atoms with Gasteiger partial charge in [-0.05, 0) is 36.2 Å². The molecule has 1 saturated heterocycles. The Morgan fingerprint density at radius 3 is 2.83 bits per heavy atom. The van der Waals surface area contributed by atoms with Crippen LogP contribution in [0.2, 0.25) is 5.02 Å². The van der Waals surface area contributed by atoms with E-state index < -0.39 is 0 Å². The minimum atomic E-state index is -0.247. The van der Waals surface area contributed by atoms with Crippen LogP contribution < -0.4 is 10.2 Å². The second-order valence-electron chi connectivity index (χ2n) is 5.62. The normalized spacial score (nSPS) is 15.2. The molecule has 0 atom stereocenters. The largest absolute Gasteiger partial charge is 0.366 e. The smallest absolute Gasteiger partial charge is 0.124 e. The lowest BCUT2D eigenvalue weighted by Gasteiger charge is -2.28. The van der Waals surface area contributed by atoms with E-state index in [1.165, 1.54) is 24.1 Å². The summed E-state index contributed by atoms with van der Waals surface area (Å²) in [4.78, 5) is 7.67. The quantitative estimate of drug-likeness (QED) is 0.768. The maximum absolute atomic E-state index is 13.5. The molecule has 3 aromatic rings. The molecule has 7 heteroatoms. The Bertz CT molecular complexity index is 876. The molecule has 0 bridgehead atoms. The van der Waals surface area contributed by atoms with Crippen LogP contribution in [0.15, 0.2) is 47.6 Å². The van der Waals surface area contributed by atoms with E-state index in [4.69, 9.17) is 11.6 Å². The highest BCUT2D eigenvalue weighted by Crippen LogP contribution is 2.36. The topological polar surface area (TPSA) is 33.1 Å². The van der Waals surface area contributed by atoms with E-state index in [1.54, 1.807) is 18.3 Å². The number of hydrogen-bond donors (Lipinski definition) is 1. The summed E-state index contributed by atoms with van der Waals surface area (Å²) in [6.45, 7) is 3.75. The number of rotatable bonds is 3. The zero-order valence-electron chi connectivity index (χ0n) is 12.9. The van der Waals surface area contributed by atoms with Gasteiger partial charge in [0.15, 0.2) is 0 Å². The molecule has 0 radical (unpaired) electrons. The molecule has 0 unspecified atom stereocenters. The Morgan fingerprint density at radius 1 is 1.21 bits per heavy atom. The van der Waals surface area contributed by atoms with Crippen molar-refractivity contribution < 1.29 is 4.39 Å². The summed E-state index contributed by atoms with van der Waals surface area (Å²) in [5, 5.41) is 4.00. The lowest BCUT2D eigenvalue weighted by molar-refractivity contribution is 0.590. The lowest BCUT2D eigenvalue weighted by atomic mass is 10.3. The molecule has 0 saturated carbocycles. The third kappa shape index (κ3) is 2.97. The third-order valence-electron chi connectivity index (χ3n) is 4.04. The predicted molar refractivity (Wildman–Crippen MR) is 97.5 cm³/mol. The molecule has 4 rings (SSSR count). The Balaban J connectivity index is 1.79. The molecule has 0 amide bonds. The first-order valence-corrected chi connectivity index (χ1v) is 8.92. The van der Waals surface area contributed by atoms with Crippen molar-refractivity contribution in [3.8, 4) is 0 Å². The van der Waals surface area contributed by atoms with Gasteiger partial charge in [-0.3, -0.25) is 8.96 Å². The number of piperazine rings is 1. The Morgan fingerprint density at radius 2 is 2.04 bits per heavy atom. The zero-order chi connectivity index (χ0) is 16.5. The maximum atomic E-state index is 13.5. The monoisotopic (exact) mass is 362 g/mol. The van der Waals surface area contributed by atoms with Gasteiger partial charge in [0.05, 0.1) is 16.2 Å². The van der Waals surface area contributed by atoms with E-state index in [-0.39, 0.29) is 5.82 Å². The molecule has 2 aromatic heterocycles. The number of pyridine rings is 1. The maximum Gasteiger partial charge on any atom is 0.124 e. The number of halogens is 2. The molecular weight excluding hydrogens is 347 g/mol. The second-order valence-corrected chi connectivity index (χ2v) is 7.07. The average Bonchev–Trinajstić information content (AvgIpc) is 2.96. The first kappa shape index (κ1) is 15.7. The molecule has 1 aliphatic heterocycles. The summed E-state index contributed by atoms with van der Waals surface area (Å²) < 4.78 is 15.5. The fourth-order valence-corrected chi connectivity index (χ4v) is 4.16. The van der Waals surface area contributed by atoms with Gasteiger partial charge in [0.25, 0.3) is 0 Å². The van der Waals surface area contributed by atoms with Crippen molar-refractivity contribution in [2.75, 3.05) is 31.1 Å². The number of hydrogen-bond acceptors (Lipinski definition) is 4. The van der Waals surface area contributed by atoms with Gasteiger partial charge in [0, 0.05) is 43.5 Å². The number of fused-ring (bicyclic) bond motifs is 1. The fourth-order valence-electron chi connectivity index (χ4n) is 2.91. The lowest BCUT2D eigenvalue weighted by Crippen LogP contribution is -2.43. The van der Waals surface area contributed by atoms with Crippen molar-refractivity contribution in [1.29, 1.82) is 0 Å². The van der Waals surface area contributed by atoms with Crippen LogP contribution in [0.3, 0.4) is 0 Å². The van der Waals surface area contributed by atoms with Crippen LogP contribution in [0, 0.1) is 5.82 Å². The van der Waals surface area contributed by atoms with Crippen molar-refractivity contribution in [2.45, 2.75) is 4.90 Å². The molecule has 3 heterocycles. The van der Waals surface area contributed by atoms with E-state index >= 15 is 0 Å². The Kier molecular flexibility index (Phi) is 4.35. The van der Waals surface area contributed by atoms with Gasteiger partial charge in [0.2, 0.25) is 0 Å². The summed E-state index contributed by atoms with van der Waals surface area (Å²) in [5.74, 6) is -0.247. The van der Waals surface area contributed by atoms with E-state index in [1.807, 2.05) is 16.2 Å². The van der Waals surface area contributed by atoms with Crippen LogP contribution in [-0.4, -0.2) is 35.1 Å². The Labute approximate surface area is 148 Å². The fraction of sp³-hybridized carbons (Fsp3) is 0.235. The first-order chi connectivity index (χ1) is 11.7. The van der Waals surface area contributed by atoms with Gasteiger partial charge in [-0.25, -0.2) is 4.39 Å². The molecule has 24 heavy (non-hydrogen) atoms. The van der Waals surface area contributed by atoms with Crippen LogP contribution in [0.5, 0.6) is 0 Å². The standard InChI is InChI=1S/C17H16ClFN4S/c18-14-4-5-21-16-15(22-8-6-20-7-9-22)11-23(17(14)16)24-13-3-1-2-12(19)10-13/h1-5,10-11,20H,6-9H2. The molecule has 1 aliphatic rings. The SMILES string of the molecule is Fc1cccc(Sn2cc(N3CCNCC3)c3nccc(Cl)c32)c1. The zero-order valence-corrected chi connectivity index (χ0v) is 14.4. The van der Waals surface area contributed by atoms with E-state index in [2.05, 4.69) is 15.2 Å². The highest BCUT2D eigenvalue weighted by atomic mass is 35.5. The van der Waals surface area contributed by atoms with Gasteiger partial charge in [-0.1, -0.05) is 17.7 Å². The van der Waals surface area contributed by atoms with Crippen molar-refractivity contribution in [1.82, 2.24) is 14.3 Å².